The van der Waals surface area contributed by atoms with Gasteiger partial charge in [-0.15, -0.1) is 0 Å². The number of fused-ring (bicyclic) bond motifs is 1. The highest BCUT2D eigenvalue weighted by molar-refractivity contribution is 5.84. The van der Waals surface area contributed by atoms with Crippen LogP contribution >= 0.6 is 0 Å². The first-order valence-corrected chi connectivity index (χ1v) is 6.89. The fourth-order valence-electron chi connectivity index (χ4n) is 2.13. The molecule has 5 heteroatoms. The highest BCUT2D eigenvalue weighted by Gasteiger charge is 2.20. The average Bonchev–Trinajstić information content (AvgIpc) is 2.79. The lowest BCUT2D eigenvalue weighted by Gasteiger charge is -2.21. The van der Waals surface area contributed by atoms with Crippen LogP contribution < -0.4 is 5.32 Å². The lowest BCUT2D eigenvalue weighted by Crippen LogP contribution is -2.41. The maximum Gasteiger partial charge on any atom is 0.408 e. The van der Waals surface area contributed by atoms with E-state index in [1.165, 1.54) is 0 Å². The molecular weight excluding hydrogens is 268 g/mol. The first kappa shape index (κ1) is 15.1. The van der Waals surface area contributed by atoms with Crippen LogP contribution in [0.1, 0.15) is 26.3 Å². The molecule has 21 heavy (non-hydrogen) atoms. The number of benzene rings is 1. The minimum absolute atomic E-state index is 0.423. The van der Waals surface area contributed by atoms with E-state index < -0.39 is 17.7 Å². The fraction of sp³-hybridized carbons (Fsp3) is 0.375. The summed E-state index contributed by atoms with van der Waals surface area (Å²) in [5.74, 6) is 0. The van der Waals surface area contributed by atoms with Gasteiger partial charge in [-0.25, -0.2) is 4.79 Å². The van der Waals surface area contributed by atoms with Crippen molar-refractivity contribution in [3.05, 3.63) is 36.0 Å². The molecule has 0 spiro atoms. The minimum Gasteiger partial charge on any atom is -0.444 e. The zero-order valence-corrected chi connectivity index (χ0v) is 12.5. The summed E-state index contributed by atoms with van der Waals surface area (Å²) in [4.78, 5) is 26.1. The molecule has 0 aliphatic carbocycles. The molecule has 1 atom stereocenters. The molecule has 2 rings (SSSR count). The molecule has 2 aromatic rings. The second-order valence-corrected chi connectivity index (χ2v) is 5.95. The molecule has 0 aliphatic heterocycles. The third-order valence-corrected chi connectivity index (χ3v) is 2.98. The Morgan fingerprint density at radius 1 is 1.38 bits per heavy atom. The van der Waals surface area contributed by atoms with Crippen molar-refractivity contribution in [1.82, 2.24) is 10.3 Å². The summed E-state index contributed by atoms with van der Waals surface area (Å²) in [6.07, 6.45) is 2.43. The quantitative estimate of drug-likeness (QED) is 0.850. The highest BCUT2D eigenvalue weighted by atomic mass is 16.6. The van der Waals surface area contributed by atoms with E-state index in [1.807, 2.05) is 30.5 Å². The van der Waals surface area contributed by atoms with E-state index in [9.17, 15) is 9.59 Å². The summed E-state index contributed by atoms with van der Waals surface area (Å²) >= 11 is 0. The average molecular weight is 288 g/mol. The van der Waals surface area contributed by atoms with Crippen molar-refractivity contribution in [3.63, 3.8) is 0 Å². The zero-order chi connectivity index (χ0) is 15.5. The van der Waals surface area contributed by atoms with Gasteiger partial charge in [0.05, 0.1) is 6.04 Å². The SMILES string of the molecule is CC(C)(C)OC(=O)NC(C=O)Cc1c[nH]c2ccccc12. The second kappa shape index (κ2) is 5.99. The van der Waals surface area contributed by atoms with Gasteiger partial charge in [-0.1, -0.05) is 18.2 Å². The zero-order valence-electron chi connectivity index (χ0n) is 12.5. The number of carbonyl (C=O) groups is 2. The summed E-state index contributed by atoms with van der Waals surface area (Å²) in [6.45, 7) is 5.34. The number of para-hydroxylation sites is 1. The van der Waals surface area contributed by atoms with E-state index in [1.54, 1.807) is 20.8 Å². The van der Waals surface area contributed by atoms with E-state index >= 15 is 0 Å². The number of hydrogen-bond donors (Lipinski definition) is 2. The number of carbonyl (C=O) groups excluding carboxylic acids is 2. The minimum atomic E-state index is -0.612. The molecule has 0 radical (unpaired) electrons. The monoisotopic (exact) mass is 288 g/mol. The molecule has 1 aromatic heterocycles. The van der Waals surface area contributed by atoms with E-state index in [4.69, 9.17) is 4.74 Å². The molecule has 0 bridgehead atoms. The van der Waals surface area contributed by atoms with Gasteiger partial charge < -0.3 is 19.8 Å². The van der Waals surface area contributed by atoms with E-state index in [-0.39, 0.29) is 0 Å². The Balaban J connectivity index is 2.06. The fourth-order valence-corrected chi connectivity index (χ4v) is 2.13. The largest absolute Gasteiger partial charge is 0.444 e. The van der Waals surface area contributed by atoms with Crippen molar-refractivity contribution in [3.8, 4) is 0 Å². The van der Waals surface area contributed by atoms with Gasteiger partial charge in [0.25, 0.3) is 0 Å². The van der Waals surface area contributed by atoms with Crippen molar-refractivity contribution in [2.24, 2.45) is 0 Å². The van der Waals surface area contributed by atoms with Crippen molar-refractivity contribution in [1.29, 1.82) is 0 Å². The van der Waals surface area contributed by atoms with Crippen LogP contribution in [0.2, 0.25) is 0 Å². The van der Waals surface area contributed by atoms with Crippen molar-refractivity contribution in [2.75, 3.05) is 0 Å². The molecule has 0 aliphatic rings. The molecule has 0 saturated heterocycles. The van der Waals surface area contributed by atoms with Gasteiger partial charge in [0, 0.05) is 23.5 Å². The molecule has 0 fully saturated rings. The molecule has 2 N–H and O–H groups in total. The lowest BCUT2D eigenvalue weighted by atomic mass is 10.1. The predicted octanol–water partition coefficient (Wildman–Crippen LogP) is 2.80. The lowest BCUT2D eigenvalue weighted by molar-refractivity contribution is -0.109. The Morgan fingerprint density at radius 3 is 2.76 bits per heavy atom. The van der Waals surface area contributed by atoms with Gasteiger partial charge in [-0.2, -0.15) is 0 Å². The molecule has 1 aromatic carbocycles. The van der Waals surface area contributed by atoms with E-state index in [2.05, 4.69) is 10.3 Å². The van der Waals surface area contributed by atoms with Gasteiger partial charge in [-0.05, 0) is 32.4 Å². The summed E-state index contributed by atoms with van der Waals surface area (Å²) in [7, 11) is 0. The maximum atomic E-state index is 11.7. The number of alkyl carbamates (subject to hydrolysis) is 1. The Hall–Kier alpha value is -2.30. The van der Waals surface area contributed by atoms with Gasteiger partial charge in [0.1, 0.15) is 11.9 Å². The molecule has 1 amide bonds. The van der Waals surface area contributed by atoms with Crippen LogP contribution in [0, 0.1) is 0 Å². The topological polar surface area (TPSA) is 71.2 Å². The highest BCUT2D eigenvalue weighted by Crippen LogP contribution is 2.19. The number of aromatic nitrogens is 1. The third kappa shape index (κ3) is 4.08. The van der Waals surface area contributed by atoms with Crippen LogP contribution in [0.3, 0.4) is 0 Å². The number of hydrogen-bond acceptors (Lipinski definition) is 3. The first-order valence-electron chi connectivity index (χ1n) is 6.89. The number of nitrogens with one attached hydrogen (secondary N) is 2. The summed E-state index contributed by atoms with van der Waals surface area (Å²) in [5.41, 5.74) is 1.41. The van der Waals surface area contributed by atoms with Crippen LogP contribution in [0.15, 0.2) is 30.5 Å². The van der Waals surface area contributed by atoms with Gasteiger partial charge in [0.15, 0.2) is 0 Å². The Kier molecular flexibility index (Phi) is 4.31. The maximum absolute atomic E-state index is 11.7. The van der Waals surface area contributed by atoms with E-state index in [0.717, 1.165) is 22.8 Å². The number of amides is 1. The summed E-state index contributed by atoms with van der Waals surface area (Å²) < 4.78 is 5.16. The third-order valence-electron chi connectivity index (χ3n) is 2.98. The first-order chi connectivity index (χ1) is 9.89. The van der Waals surface area contributed by atoms with Crippen LogP contribution in [-0.4, -0.2) is 29.0 Å². The molecule has 1 unspecified atom stereocenters. The van der Waals surface area contributed by atoms with Crippen LogP contribution in [0.25, 0.3) is 10.9 Å². The second-order valence-electron chi connectivity index (χ2n) is 5.95. The molecule has 112 valence electrons. The Bertz CT molecular complexity index is 640. The van der Waals surface area contributed by atoms with Crippen molar-refractivity contribution in [2.45, 2.75) is 38.8 Å². The number of H-pyrrole nitrogens is 1. The molecule has 1 heterocycles. The number of aromatic amines is 1. The smallest absolute Gasteiger partial charge is 0.408 e. The van der Waals surface area contributed by atoms with Gasteiger partial charge in [0.2, 0.25) is 0 Å². The standard InChI is InChI=1S/C16H20N2O3/c1-16(2,3)21-15(20)18-12(10-19)8-11-9-17-14-7-5-4-6-13(11)14/h4-7,9-10,12,17H,8H2,1-3H3,(H,18,20). The van der Waals surface area contributed by atoms with Crippen LogP contribution in [0.4, 0.5) is 4.79 Å². The molecule has 5 nitrogen and oxygen atoms in total. The normalized spacial score (nSPS) is 12.9. The molecule has 0 saturated carbocycles. The number of ether oxygens (including phenoxy) is 1. The summed E-state index contributed by atoms with van der Waals surface area (Å²) in [5, 5.41) is 3.63. The van der Waals surface area contributed by atoms with E-state index in [0.29, 0.717) is 6.42 Å². The number of aldehydes is 1. The Morgan fingerprint density at radius 2 is 2.10 bits per heavy atom. The van der Waals surface area contributed by atoms with Gasteiger partial charge >= 0.3 is 6.09 Å². The predicted molar refractivity (Wildman–Crippen MR) is 81.2 cm³/mol. The Labute approximate surface area is 123 Å². The molecular formula is C16H20N2O3. The van der Waals surface area contributed by atoms with Crippen LogP contribution in [-0.2, 0) is 16.0 Å². The summed E-state index contributed by atoms with van der Waals surface area (Å²) in [6, 6.07) is 7.22. The van der Waals surface area contributed by atoms with Gasteiger partial charge in [-0.3, -0.25) is 0 Å². The van der Waals surface area contributed by atoms with Crippen molar-refractivity contribution >= 4 is 23.3 Å². The number of rotatable bonds is 4. The van der Waals surface area contributed by atoms with Crippen LogP contribution in [0.5, 0.6) is 0 Å². The van der Waals surface area contributed by atoms with Crippen molar-refractivity contribution < 1.29 is 14.3 Å².